The molecule has 1 aromatic rings. The zero-order valence-electron chi connectivity index (χ0n) is 10.00. The smallest absolute Gasteiger partial charge is 0.289 e. The molecule has 17 heavy (non-hydrogen) atoms. The van der Waals surface area contributed by atoms with Crippen LogP contribution in [0, 0.1) is 5.92 Å². The monoisotopic (exact) mass is 240 g/mol. The molecule has 0 aromatic carbocycles. The molecule has 0 spiro atoms. The minimum Gasteiger partial charge on any atom is -0.292 e. The number of halogens is 2. The Morgan fingerprint density at radius 2 is 2.06 bits per heavy atom. The minimum atomic E-state index is -2.97. The van der Waals surface area contributed by atoms with Crippen LogP contribution in [0.2, 0.25) is 0 Å². The van der Waals surface area contributed by atoms with Gasteiger partial charge in [0.05, 0.1) is 0 Å². The van der Waals surface area contributed by atoms with Crippen molar-refractivity contribution in [2.24, 2.45) is 5.92 Å². The van der Waals surface area contributed by atoms with Crippen molar-refractivity contribution < 1.29 is 13.6 Å². The third-order valence-corrected chi connectivity index (χ3v) is 3.58. The molecule has 2 aliphatic rings. The van der Waals surface area contributed by atoms with E-state index in [0.29, 0.717) is 11.3 Å². The Bertz CT molecular complexity index is 513. The molecule has 0 N–H and O–H groups in total. The van der Waals surface area contributed by atoms with Gasteiger partial charge in [0.2, 0.25) is 0 Å². The van der Waals surface area contributed by atoms with Gasteiger partial charge in [0.15, 0.2) is 5.78 Å². The Labute approximate surface area is 97.8 Å². The third kappa shape index (κ3) is 1.31. The van der Waals surface area contributed by atoms with E-state index in [-0.39, 0.29) is 29.4 Å². The average molecular weight is 240 g/mol. The molecule has 0 aliphatic heterocycles. The van der Waals surface area contributed by atoms with E-state index in [4.69, 9.17) is 0 Å². The van der Waals surface area contributed by atoms with Gasteiger partial charge < -0.3 is 0 Å². The quantitative estimate of drug-likeness (QED) is 0.796. The van der Waals surface area contributed by atoms with Crippen molar-refractivity contribution in [1.82, 2.24) is 9.78 Å². The molecule has 1 saturated carbocycles. The lowest BCUT2D eigenvalue weighted by atomic mass is 10.1. The van der Waals surface area contributed by atoms with Crippen LogP contribution in [-0.4, -0.2) is 15.6 Å². The molecule has 92 valence electrons. The van der Waals surface area contributed by atoms with E-state index in [1.807, 2.05) is 13.8 Å². The van der Waals surface area contributed by atoms with Gasteiger partial charge in [-0.3, -0.25) is 9.48 Å². The van der Waals surface area contributed by atoms with Gasteiger partial charge >= 0.3 is 0 Å². The molecule has 1 heterocycles. The molecule has 1 fully saturated rings. The van der Waals surface area contributed by atoms with Crippen molar-refractivity contribution in [3.8, 4) is 0 Å². The van der Waals surface area contributed by atoms with Crippen LogP contribution in [0.1, 0.15) is 60.9 Å². The summed E-state index contributed by atoms with van der Waals surface area (Å²) in [6.45, 7) is 4.55. The molecule has 3 rings (SSSR count). The number of ketones is 1. The second-order valence-corrected chi connectivity index (χ2v) is 5.35. The normalized spacial score (nSPS) is 26.4. The SMILES string of the molecule is CC(C)n1nc(C(C)(F)F)c2c1C(=O)C1CC21. The highest BCUT2D eigenvalue weighted by Crippen LogP contribution is 2.58. The summed E-state index contributed by atoms with van der Waals surface area (Å²) in [5.41, 5.74) is 0.749. The predicted octanol–water partition coefficient (Wildman–Crippen LogP) is 2.88. The molecular weight excluding hydrogens is 226 g/mol. The van der Waals surface area contributed by atoms with Crippen molar-refractivity contribution in [1.29, 1.82) is 0 Å². The molecule has 0 amide bonds. The number of carbonyl (C=O) groups is 1. The molecule has 2 unspecified atom stereocenters. The van der Waals surface area contributed by atoms with Crippen LogP contribution in [0.3, 0.4) is 0 Å². The fourth-order valence-corrected chi connectivity index (χ4v) is 2.72. The van der Waals surface area contributed by atoms with Crippen LogP contribution in [0.5, 0.6) is 0 Å². The molecule has 0 radical (unpaired) electrons. The van der Waals surface area contributed by atoms with Gasteiger partial charge in [-0.25, -0.2) is 0 Å². The highest BCUT2D eigenvalue weighted by atomic mass is 19.3. The van der Waals surface area contributed by atoms with Crippen LogP contribution < -0.4 is 0 Å². The second kappa shape index (κ2) is 2.94. The molecule has 3 nitrogen and oxygen atoms in total. The summed E-state index contributed by atoms with van der Waals surface area (Å²) in [7, 11) is 0. The maximum Gasteiger partial charge on any atom is 0.289 e. The summed E-state index contributed by atoms with van der Waals surface area (Å²) in [6, 6.07) is -0.0682. The standard InChI is InChI=1S/C12H14F2N2O/c1-5(2)16-9-8(6-4-7(6)10(9)17)11(15-16)12(3,13)14/h5-7H,4H2,1-3H3. The van der Waals surface area contributed by atoms with Crippen molar-refractivity contribution in [3.63, 3.8) is 0 Å². The average Bonchev–Trinajstić information content (AvgIpc) is 2.77. The highest BCUT2D eigenvalue weighted by molar-refractivity contribution is 6.05. The first kappa shape index (κ1) is 10.9. The lowest BCUT2D eigenvalue weighted by Crippen LogP contribution is -2.14. The Hall–Kier alpha value is -1.26. The summed E-state index contributed by atoms with van der Waals surface area (Å²) >= 11 is 0. The number of fused-ring (bicyclic) bond motifs is 3. The first-order chi connectivity index (χ1) is 7.82. The van der Waals surface area contributed by atoms with Gasteiger partial charge in [0.25, 0.3) is 5.92 Å². The molecule has 5 heteroatoms. The largest absolute Gasteiger partial charge is 0.292 e. The van der Waals surface area contributed by atoms with Crippen LogP contribution in [0.25, 0.3) is 0 Å². The predicted molar refractivity (Wildman–Crippen MR) is 57.4 cm³/mol. The zero-order valence-corrected chi connectivity index (χ0v) is 10.00. The number of alkyl halides is 2. The summed E-state index contributed by atoms with van der Waals surface area (Å²) in [5, 5.41) is 3.98. The van der Waals surface area contributed by atoms with E-state index in [9.17, 15) is 13.6 Å². The number of hydrogen-bond donors (Lipinski definition) is 0. The van der Waals surface area contributed by atoms with E-state index in [1.54, 1.807) is 0 Å². The van der Waals surface area contributed by atoms with Gasteiger partial charge in [0.1, 0.15) is 11.4 Å². The Morgan fingerprint density at radius 3 is 2.59 bits per heavy atom. The first-order valence-electron chi connectivity index (χ1n) is 5.87. The number of aromatic nitrogens is 2. The minimum absolute atomic E-state index is 0.00157. The van der Waals surface area contributed by atoms with Crippen molar-refractivity contribution in [3.05, 3.63) is 17.0 Å². The number of carbonyl (C=O) groups excluding carboxylic acids is 1. The molecular formula is C12H14F2N2O. The second-order valence-electron chi connectivity index (χ2n) is 5.35. The Kier molecular flexibility index (Phi) is 1.88. The van der Waals surface area contributed by atoms with E-state index in [1.165, 1.54) is 4.68 Å². The van der Waals surface area contributed by atoms with Crippen molar-refractivity contribution >= 4 is 5.78 Å². The van der Waals surface area contributed by atoms with Gasteiger partial charge in [-0.1, -0.05) is 0 Å². The van der Waals surface area contributed by atoms with E-state index in [0.717, 1.165) is 13.3 Å². The zero-order chi connectivity index (χ0) is 12.5. The van der Waals surface area contributed by atoms with Gasteiger partial charge in [-0.05, 0) is 26.2 Å². The fraction of sp³-hybridized carbons (Fsp3) is 0.667. The lowest BCUT2D eigenvalue weighted by Gasteiger charge is -2.09. The number of Topliss-reactive ketones (excluding diaryl/α,β-unsaturated/α-hetero) is 1. The van der Waals surface area contributed by atoms with Crippen LogP contribution in [0.4, 0.5) is 8.78 Å². The number of hydrogen-bond acceptors (Lipinski definition) is 2. The summed E-state index contributed by atoms with van der Waals surface area (Å²) in [4.78, 5) is 12.0. The molecule has 2 aliphatic carbocycles. The molecule has 2 atom stereocenters. The van der Waals surface area contributed by atoms with E-state index >= 15 is 0 Å². The van der Waals surface area contributed by atoms with Crippen LogP contribution in [0.15, 0.2) is 0 Å². The molecule has 0 bridgehead atoms. The fourth-order valence-electron chi connectivity index (χ4n) is 2.72. The summed E-state index contributed by atoms with van der Waals surface area (Å²) in [6.07, 6.45) is 0.721. The summed E-state index contributed by atoms with van der Waals surface area (Å²) in [5.74, 6) is -3.01. The van der Waals surface area contributed by atoms with Crippen LogP contribution in [-0.2, 0) is 5.92 Å². The van der Waals surface area contributed by atoms with Crippen molar-refractivity contribution in [2.45, 2.75) is 45.1 Å². The van der Waals surface area contributed by atoms with Gasteiger partial charge in [-0.15, -0.1) is 0 Å². The lowest BCUT2D eigenvalue weighted by molar-refractivity contribution is 0.0110. The highest BCUT2D eigenvalue weighted by Gasteiger charge is 2.57. The molecule has 1 aromatic heterocycles. The Morgan fingerprint density at radius 1 is 1.41 bits per heavy atom. The van der Waals surface area contributed by atoms with Crippen molar-refractivity contribution in [2.75, 3.05) is 0 Å². The maximum absolute atomic E-state index is 13.5. The van der Waals surface area contributed by atoms with Crippen LogP contribution >= 0.6 is 0 Å². The summed E-state index contributed by atoms with van der Waals surface area (Å²) < 4.78 is 28.5. The first-order valence-corrected chi connectivity index (χ1v) is 5.87. The topological polar surface area (TPSA) is 34.9 Å². The van der Waals surface area contributed by atoms with E-state index < -0.39 is 5.92 Å². The van der Waals surface area contributed by atoms with Gasteiger partial charge in [0, 0.05) is 24.4 Å². The molecule has 0 saturated heterocycles. The maximum atomic E-state index is 13.5. The third-order valence-electron chi connectivity index (χ3n) is 3.58. The number of rotatable bonds is 2. The van der Waals surface area contributed by atoms with Gasteiger partial charge in [-0.2, -0.15) is 13.9 Å². The number of nitrogens with zero attached hydrogens (tertiary/aromatic N) is 2. The van der Waals surface area contributed by atoms with E-state index in [2.05, 4.69) is 5.10 Å². The Balaban J connectivity index is 2.24.